The first kappa shape index (κ1) is 22.0. The Kier molecular flexibility index (Phi) is 8.07. The summed E-state index contributed by atoms with van der Waals surface area (Å²) in [7, 11) is 1.32. The van der Waals surface area contributed by atoms with Crippen LogP contribution in [0.3, 0.4) is 0 Å². The predicted octanol–water partition coefficient (Wildman–Crippen LogP) is 3.71. The number of esters is 1. The van der Waals surface area contributed by atoms with E-state index < -0.39 is 17.9 Å². The Morgan fingerprint density at radius 3 is 2.75 bits per heavy atom. The lowest BCUT2D eigenvalue weighted by molar-refractivity contribution is -0.141. The Balaban J connectivity index is 2.22. The van der Waals surface area contributed by atoms with E-state index in [1.807, 2.05) is 38.3 Å². The van der Waals surface area contributed by atoms with E-state index in [9.17, 15) is 9.59 Å². The van der Waals surface area contributed by atoms with E-state index in [1.165, 1.54) is 13.3 Å². The van der Waals surface area contributed by atoms with Gasteiger partial charge in [-0.3, -0.25) is 4.79 Å². The van der Waals surface area contributed by atoms with Crippen molar-refractivity contribution in [3.05, 3.63) is 46.2 Å². The van der Waals surface area contributed by atoms with Crippen molar-refractivity contribution in [2.75, 3.05) is 29.8 Å². The molecule has 0 aliphatic rings. The molecule has 1 unspecified atom stereocenters. The number of rotatable bonds is 8. The summed E-state index contributed by atoms with van der Waals surface area (Å²) in [5, 5.41) is 5.86. The summed E-state index contributed by atoms with van der Waals surface area (Å²) in [5.74, 6) is 0.00393. The second kappa shape index (κ2) is 10.3. The lowest BCUT2D eigenvalue weighted by atomic mass is 10.1. The number of hydrogen-bond acceptors (Lipinski definition) is 7. The van der Waals surface area contributed by atoms with Crippen LogP contribution in [0.1, 0.15) is 28.0 Å². The topological polar surface area (TPSA) is 93.2 Å². The molecule has 1 atom stereocenters. The lowest BCUT2D eigenvalue weighted by Gasteiger charge is -2.16. The number of carbonyl (C=O) groups excluding carboxylic acids is 2. The molecule has 28 heavy (non-hydrogen) atoms. The number of hydrogen-bond donors (Lipinski definition) is 2. The number of carbonyl (C=O) groups is 2. The van der Waals surface area contributed by atoms with Crippen LogP contribution in [0, 0.1) is 13.8 Å². The van der Waals surface area contributed by atoms with Crippen LogP contribution in [-0.2, 0) is 9.53 Å². The molecule has 0 saturated carbocycles. The Hall–Kier alpha value is -2.32. The largest absolute Gasteiger partial charge is 0.467 e. The van der Waals surface area contributed by atoms with Gasteiger partial charge in [-0.1, -0.05) is 23.7 Å². The SMILES string of the molecule is COC(=O)C(CCSC)Nc1ncc(Cl)c(C(=O)Nc2cc(C)ccc2C)n1. The smallest absolute Gasteiger partial charge is 0.328 e. The number of amides is 1. The van der Waals surface area contributed by atoms with Crippen LogP contribution >= 0.6 is 23.4 Å². The van der Waals surface area contributed by atoms with Crippen LogP contribution in [-0.4, -0.2) is 47.0 Å². The summed E-state index contributed by atoms with van der Waals surface area (Å²) in [6.45, 7) is 3.84. The lowest BCUT2D eigenvalue weighted by Crippen LogP contribution is -2.32. The number of ether oxygens (including phenoxy) is 1. The minimum absolute atomic E-state index is 0.0218. The molecule has 1 aromatic carbocycles. The van der Waals surface area contributed by atoms with Crippen molar-refractivity contribution in [3.63, 3.8) is 0 Å². The van der Waals surface area contributed by atoms with Crippen molar-refractivity contribution in [2.24, 2.45) is 0 Å². The molecular weight excluding hydrogens is 400 g/mol. The molecule has 0 saturated heterocycles. The maximum Gasteiger partial charge on any atom is 0.328 e. The molecule has 0 radical (unpaired) electrons. The first-order valence-electron chi connectivity index (χ1n) is 8.60. The zero-order valence-electron chi connectivity index (χ0n) is 16.2. The van der Waals surface area contributed by atoms with E-state index >= 15 is 0 Å². The van der Waals surface area contributed by atoms with Crippen molar-refractivity contribution in [1.29, 1.82) is 0 Å². The van der Waals surface area contributed by atoms with Gasteiger partial charge in [-0.25, -0.2) is 14.8 Å². The third kappa shape index (κ3) is 5.84. The zero-order valence-corrected chi connectivity index (χ0v) is 17.8. The summed E-state index contributed by atoms with van der Waals surface area (Å²) in [6, 6.07) is 5.14. The number of aromatic nitrogens is 2. The van der Waals surface area contributed by atoms with Gasteiger partial charge in [0, 0.05) is 5.69 Å². The van der Waals surface area contributed by atoms with Gasteiger partial charge in [0.05, 0.1) is 18.3 Å². The molecule has 2 aromatic rings. The number of aryl methyl sites for hydroxylation is 2. The van der Waals surface area contributed by atoms with Crippen molar-refractivity contribution in [2.45, 2.75) is 26.3 Å². The molecule has 1 heterocycles. The highest BCUT2D eigenvalue weighted by Crippen LogP contribution is 2.20. The molecule has 7 nitrogen and oxygen atoms in total. The van der Waals surface area contributed by atoms with Crippen molar-refractivity contribution < 1.29 is 14.3 Å². The van der Waals surface area contributed by atoms with Gasteiger partial charge in [0.25, 0.3) is 5.91 Å². The average Bonchev–Trinajstić information content (AvgIpc) is 2.68. The monoisotopic (exact) mass is 422 g/mol. The molecule has 150 valence electrons. The molecular formula is C19H23ClN4O3S. The Morgan fingerprint density at radius 2 is 2.07 bits per heavy atom. The van der Waals surface area contributed by atoms with Crippen LogP contribution in [0.25, 0.3) is 0 Å². The first-order valence-corrected chi connectivity index (χ1v) is 10.4. The van der Waals surface area contributed by atoms with Crippen molar-refractivity contribution in [3.8, 4) is 0 Å². The fraction of sp³-hybridized carbons (Fsp3) is 0.368. The van der Waals surface area contributed by atoms with Gasteiger partial charge in [0.1, 0.15) is 6.04 Å². The molecule has 0 aliphatic heterocycles. The maximum absolute atomic E-state index is 12.7. The summed E-state index contributed by atoms with van der Waals surface area (Å²) in [5.41, 5.74) is 2.65. The summed E-state index contributed by atoms with van der Waals surface area (Å²) in [4.78, 5) is 32.9. The molecule has 2 N–H and O–H groups in total. The summed E-state index contributed by atoms with van der Waals surface area (Å²) < 4.78 is 4.81. The van der Waals surface area contributed by atoms with Gasteiger partial charge in [-0.05, 0) is 49.5 Å². The highest BCUT2D eigenvalue weighted by atomic mass is 35.5. The number of halogens is 1. The minimum atomic E-state index is -0.617. The molecule has 2 rings (SSSR count). The van der Waals surface area contributed by atoms with Gasteiger partial charge in [-0.15, -0.1) is 0 Å². The normalized spacial score (nSPS) is 11.6. The second-order valence-corrected chi connectivity index (χ2v) is 7.56. The summed E-state index contributed by atoms with van der Waals surface area (Å²) in [6.07, 6.45) is 3.81. The van der Waals surface area contributed by atoms with E-state index in [4.69, 9.17) is 16.3 Å². The van der Waals surface area contributed by atoms with E-state index in [0.717, 1.165) is 16.9 Å². The van der Waals surface area contributed by atoms with E-state index in [-0.39, 0.29) is 16.7 Å². The number of thioether (sulfide) groups is 1. The molecule has 0 fully saturated rings. The van der Waals surface area contributed by atoms with Crippen LogP contribution in [0.2, 0.25) is 5.02 Å². The predicted molar refractivity (Wildman–Crippen MR) is 113 cm³/mol. The first-order chi connectivity index (χ1) is 13.3. The van der Waals surface area contributed by atoms with Gasteiger partial charge in [0.15, 0.2) is 5.69 Å². The van der Waals surface area contributed by atoms with Crippen molar-refractivity contribution in [1.82, 2.24) is 9.97 Å². The Bertz CT molecular complexity index is 863. The van der Waals surface area contributed by atoms with Crippen LogP contribution in [0.4, 0.5) is 11.6 Å². The highest BCUT2D eigenvalue weighted by molar-refractivity contribution is 7.98. The molecule has 1 aromatic heterocycles. The average molecular weight is 423 g/mol. The molecule has 9 heteroatoms. The zero-order chi connectivity index (χ0) is 20.7. The molecule has 0 spiro atoms. The summed E-state index contributed by atoms with van der Waals surface area (Å²) >= 11 is 7.74. The third-order valence-electron chi connectivity index (χ3n) is 4.00. The fourth-order valence-corrected chi connectivity index (χ4v) is 3.08. The molecule has 1 amide bonds. The van der Waals surface area contributed by atoms with E-state index in [1.54, 1.807) is 11.8 Å². The third-order valence-corrected chi connectivity index (χ3v) is 4.92. The van der Waals surface area contributed by atoms with Crippen molar-refractivity contribution >= 4 is 46.9 Å². The van der Waals surface area contributed by atoms with Gasteiger partial charge in [-0.2, -0.15) is 11.8 Å². The van der Waals surface area contributed by atoms with Gasteiger partial charge < -0.3 is 15.4 Å². The highest BCUT2D eigenvalue weighted by Gasteiger charge is 2.21. The maximum atomic E-state index is 12.7. The van der Waals surface area contributed by atoms with Crippen LogP contribution in [0.5, 0.6) is 0 Å². The fourth-order valence-electron chi connectivity index (χ4n) is 2.43. The minimum Gasteiger partial charge on any atom is -0.467 e. The van der Waals surface area contributed by atoms with Gasteiger partial charge in [0.2, 0.25) is 5.95 Å². The number of anilines is 2. The standard InChI is InChI=1S/C19H23ClN4O3S/c1-11-5-6-12(2)15(9-11)22-17(25)16-13(20)10-21-19(24-16)23-14(7-8-28-4)18(26)27-3/h5-6,9-10,14H,7-8H2,1-4H3,(H,22,25)(H,21,23,24). The quantitative estimate of drug-likeness (QED) is 0.626. The Morgan fingerprint density at radius 1 is 1.32 bits per heavy atom. The van der Waals surface area contributed by atoms with E-state index in [0.29, 0.717) is 12.1 Å². The van der Waals surface area contributed by atoms with Crippen LogP contribution < -0.4 is 10.6 Å². The molecule has 0 aliphatic carbocycles. The number of nitrogens with one attached hydrogen (secondary N) is 2. The molecule has 0 bridgehead atoms. The Labute approximate surface area is 173 Å². The second-order valence-electron chi connectivity index (χ2n) is 6.16. The van der Waals surface area contributed by atoms with Gasteiger partial charge >= 0.3 is 5.97 Å². The number of nitrogens with zero attached hydrogens (tertiary/aromatic N) is 2. The van der Waals surface area contributed by atoms with Crippen LogP contribution in [0.15, 0.2) is 24.4 Å². The van der Waals surface area contributed by atoms with E-state index in [2.05, 4.69) is 20.6 Å². The number of benzene rings is 1. The number of methoxy groups -OCH3 is 1.